The van der Waals surface area contributed by atoms with Crippen LogP contribution < -0.4 is 0 Å². The van der Waals surface area contributed by atoms with Gasteiger partial charge in [-0.25, -0.2) is 0 Å². The van der Waals surface area contributed by atoms with E-state index in [2.05, 4.69) is 62.6 Å². The van der Waals surface area contributed by atoms with Crippen LogP contribution in [0.25, 0.3) is 0 Å². The van der Waals surface area contributed by atoms with Gasteiger partial charge in [0.1, 0.15) is 0 Å². The topological polar surface area (TPSA) is 9.72 Å². The average molecular weight is 319 g/mol. The Morgan fingerprint density at radius 1 is 0.652 bits per heavy atom. The van der Waals surface area contributed by atoms with E-state index in [4.69, 9.17) is 0 Å². The van der Waals surface area contributed by atoms with Gasteiger partial charge in [-0.05, 0) is 36.9 Å². The van der Waals surface area contributed by atoms with Crippen LogP contribution in [0.4, 0.5) is 0 Å². The summed E-state index contributed by atoms with van der Waals surface area (Å²) < 4.78 is 8.15. The molecule has 0 N–H and O–H groups in total. The van der Waals surface area contributed by atoms with Crippen LogP contribution in [-0.2, 0) is 0 Å². The van der Waals surface area contributed by atoms with Crippen molar-refractivity contribution < 1.29 is 0 Å². The van der Waals surface area contributed by atoms with Crippen LogP contribution in [-0.4, -0.2) is 54.9 Å². The Bertz CT molecular complexity index is 295. The minimum absolute atomic E-state index is 0.679. The molecule has 6 heteroatoms. The predicted octanol–water partition coefficient (Wildman–Crippen LogP) is 2.91. The SMILES string of the molecule is CCCC(C)N1BN(C(C)CCC)BN(C(C)C(CC)CC)B1. The maximum absolute atomic E-state index is 2.74. The highest BCUT2D eigenvalue weighted by molar-refractivity contribution is 6.65. The van der Waals surface area contributed by atoms with Crippen molar-refractivity contribution in [2.75, 3.05) is 0 Å². The highest BCUT2D eigenvalue weighted by atomic mass is 15.3. The third-order valence-electron chi connectivity index (χ3n) is 6.06. The normalized spacial score (nSPS) is 21.4. The number of hydrogen-bond acceptors (Lipinski definition) is 3. The summed E-state index contributed by atoms with van der Waals surface area (Å²) in [5, 5.41) is 0. The average Bonchev–Trinajstić information content (AvgIpc) is 2.55. The molecular weight excluding hydrogens is 279 g/mol. The quantitative estimate of drug-likeness (QED) is 0.573. The van der Waals surface area contributed by atoms with Crippen molar-refractivity contribution in [2.45, 2.75) is 105 Å². The van der Waals surface area contributed by atoms with E-state index >= 15 is 0 Å². The third-order valence-corrected chi connectivity index (χ3v) is 6.06. The minimum Gasteiger partial charge on any atom is -0.361 e. The Labute approximate surface area is 148 Å². The van der Waals surface area contributed by atoms with Crippen LogP contribution in [0, 0.1) is 5.92 Å². The van der Waals surface area contributed by atoms with Crippen LogP contribution in [0.5, 0.6) is 0 Å². The van der Waals surface area contributed by atoms with E-state index in [-0.39, 0.29) is 0 Å². The monoisotopic (exact) mass is 319 g/mol. The van der Waals surface area contributed by atoms with E-state index in [0.717, 1.165) is 28.6 Å². The molecule has 0 aromatic rings. The molecule has 3 nitrogen and oxygen atoms in total. The summed E-state index contributed by atoms with van der Waals surface area (Å²) >= 11 is 0. The van der Waals surface area contributed by atoms with E-state index in [1.54, 1.807) is 0 Å². The van der Waals surface area contributed by atoms with Crippen molar-refractivity contribution in [1.29, 1.82) is 0 Å². The molecule has 0 saturated carbocycles. The number of nitrogens with zero attached hydrogens (tertiary/aromatic N) is 3. The van der Waals surface area contributed by atoms with Crippen LogP contribution >= 0.6 is 0 Å². The summed E-state index contributed by atoms with van der Waals surface area (Å²) in [7, 11) is 3.44. The fourth-order valence-corrected chi connectivity index (χ4v) is 4.12. The van der Waals surface area contributed by atoms with Crippen molar-refractivity contribution in [3.63, 3.8) is 0 Å². The molecule has 0 amide bonds. The van der Waals surface area contributed by atoms with Gasteiger partial charge in [-0.3, -0.25) is 0 Å². The van der Waals surface area contributed by atoms with Crippen molar-refractivity contribution in [3.05, 3.63) is 0 Å². The summed E-state index contributed by atoms with van der Waals surface area (Å²) in [5.41, 5.74) is 0. The molecule has 1 aliphatic rings. The zero-order valence-electron chi connectivity index (χ0n) is 17.0. The molecule has 3 unspecified atom stereocenters. The van der Waals surface area contributed by atoms with Crippen molar-refractivity contribution in [3.8, 4) is 0 Å². The number of hydrogen-bond donors (Lipinski definition) is 0. The molecule has 132 valence electrons. The Balaban J connectivity index is 2.83. The lowest BCUT2D eigenvalue weighted by atomic mass is 9.68. The number of rotatable bonds is 10. The first kappa shape index (κ1) is 21.1. The molecule has 1 heterocycles. The molecule has 3 atom stereocenters. The van der Waals surface area contributed by atoms with Gasteiger partial charge in [0.15, 0.2) is 0 Å². The van der Waals surface area contributed by atoms with Crippen LogP contribution in [0.2, 0.25) is 0 Å². The molecule has 0 spiro atoms. The molecule has 1 aliphatic heterocycles. The van der Waals surface area contributed by atoms with Crippen LogP contribution in [0.3, 0.4) is 0 Å². The van der Waals surface area contributed by atoms with Gasteiger partial charge in [-0.15, -0.1) is 0 Å². The molecule has 0 aromatic carbocycles. The summed E-state index contributed by atoms with van der Waals surface area (Å²) in [6, 6.07) is 2.05. The van der Waals surface area contributed by atoms with E-state index in [0.29, 0.717) is 18.1 Å². The second-order valence-electron chi connectivity index (χ2n) is 7.78. The molecule has 0 radical (unpaired) electrons. The standard InChI is InChI=1S/C17H40B3N3/c1-8-12-14(5)21-18-22(15(6)13-9-2)20-23(19-21)16(7)17(10-3)11-4/h14-20H,8-13H2,1-7H3. The molecule has 23 heavy (non-hydrogen) atoms. The summed E-state index contributed by atoms with van der Waals surface area (Å²) in [6.07, 6.45) is 7.77. The largest absolute Gasteiger partial charge is 0.361 e. The molecular formula is C17H40B3N3. The van der Waals surface area contributed by atoms with Gasteiger partial charge in [-0.2, -0.15) is 0 Å². The highest BCUT2D eigenvalue weighted by Crippen LogP contribution is 2.22. The second-order valence-corrected chi connectivity index (χ2v) is 7.78. The molecule has 0 bridgehead atoms. The summed E-state index contributed by atoms with van der Waals surface area (Å²) in [5.74, 6) is 0.819. The van der Waals surface area contributed by atoms with Crippen molar-refractivity contribution >= 4 is 22.6 Å². The maximum atomic E-state index is 2.74. The minimum atomic E-state index is 0.679. The van der Waals surface area contributed by atoms with E-state index in [9.17, 15) is 0 Å². The molecule has 1 saturated heterocycles. The Morgan fingerprint density at radius 3 is 1.39 bits per heavy atom. The first-order valence-corrected chi connectivity index (χ1v) is 10.2. The lowest BCUT2D eigenvalue weighted by Gasteiger charge is -2.48. The third kappa shape index (κ3) is 6.14. The Morgan fingerprint density at radius 2 is 1.04 bits per heavy atom. The Hall–Kier alpha value is 0.0748. The summed E-state index contributed by atoms with van der Waals surface area (Å²) in [4.78, 5) is 0. The summed E-state index contributed by atoms with van der Waals surface area (Å²) in [6.45, 7) is 16.6. The van der Waals surface area contributed by atoms with Gasteiger partial charge in [0.25, 0.3) is 22.6 Å². The Kier molecular flexibility index (Phi) is 9.95. The first-order valence-electron chi connectivity index (χ1n) is 10.2. The molecule has 1 fully saturated rings. The van der Waals surface area contributed by atoms with Gasteiger partial charge < -0.3 is 14.2 Å². The molecule has 0 aliphatic carbocycles. The second kappa shape index (κ2) is 10.8. The van der Waals surface area contributed by atoms with E-state index in [1.165, 1.54) is 38.5 Å². The van der Waals surface area contributed by atoms with Crippen molar-refractivity contribution in [2.24, 2.45) is 5.92 Å². The van der Waals surface area contributed by atoms with Gasteiger partial charge in [-0.1, -0.05) is 74.1 Å². The van der Waals surface area contributed by atoms with E-state index < -0.39 is 0 Å². The van der Waals surface area contributed by atoms with Gasteiger partial charge >= 0.3 is 0 Å². The predicted molar refractivity (Wildman–Crippen MR) is 109 cm³/mol. The first-order chi connectivity index (χ1) is 11.0. The highest BCUT2D eigenvalue weighted by Gasteiger charge is 2.35. The lowest BCUT2D eigenvalue weighted by Crippen LogP contribution is -2.67. The van der Waals surface area contributed by atoms with Crippen molar-refractivity contribution in [1.82, 2.24) is 14.2 Å². The van der Waals surface area contributed by atoms with Crippen LogP contribution in [0.15, 0.2) is 0 Å². The van der Waals surface area contributed by atoms with Crippen LogP contribution in [0.1, 0.15) is 87.0 Å². The molecule has 1 rings (SSSR count). The smallest absolute Gasteiger partial charge is 0.271 e. The lowest BCUT2D eigenvalue weighted by molar-refractivity contribution is 0.280. The van der Waals surface area contributed by atoms with E-state index in [1.807, 2.05) is 0 Å². The maximum Gasteiger partial charge on any atom is 0.271 e. The molecule has 0 aromatic heterocycles. The zero-order chi connectivity index (χ0) is 17.4. The van der Waals surface area contributed by atoms with Gasteiger partial charge in [0.2, 0.25) is 0 Å². The van der Waals surface area contributed by atoms with Gasteiger partial charge in [0.05, 0.1) is 0 Å². The fraction of sp³-hybridized carbons (Fsp3) is 1.00. The van der Waals surface area contributed by atoms with Gasteiger partial charge in [0, 0.05) is 0 Å². The zero-order valence-corrected chi connectivity index (χ0v) is 17.0. The fourth-order valence-electron chi connectivity index (χ4n) is 4.12.